The van der Waals surface area contributed by atoms with Crippen LogP contribution in [0.15, 0.2) is 48.5 Å². The van der Waals surface area contributed by atoms with Crippen LogP contribution in [-0.2, 0) is 5.41 Å². The number of aromatic hydroxyl groups is 2. The second kappa shape index (κ2) is 10.2. The predicted molar refractivity (Wildman–Crippen MR) is 122 cm³/mol. The fourth-order valence-corrected chi connectivity index (χ4v) is 5.33. The zero-order valence-electron chi connectivity index (χ0n) is 18.2. The molecule has 29 heavy (non-hydrogen) atoms. The minimum absolute atomic E-state index is 0.180. The van der Waals surface area contributed by atoms with Gasteiger partial charge in [-0.25, -0.2) is 0 Å². The summed E-state index contributed by atoms with van der Waals surface area (Å²) in [6.45, 7) is 4.73. The Balaban J connectivity index is 1.69. The van der Waals surface area contributed by atoms with Crippen molar-refractivity contribution in [3.05, 3.63) is 59.7 Å². The van der Waals surface area contributed by atoms with Gasteiger partial charge in [-0.3, -0.25) is 0 Å². The summed E-state index contributed by atoms with van der Waals surface area (Å²) in [6.07, 6.45) is 12.8. The molecule has 0 aromatic heterocycles. The molecule has 2 aromatic carbocycles. The Kier molecular flexibility index (Phi) is 7.64. The van der Waals surface area contributed by atoms with Crippen molar-refractivity contribution in [3.63, 3.8) is 0 Å². The van der Waals surface area contributed by atoms with Gasteiger partial charge in [-0.2, -0.15) is 0 Å². The summed E-state index contributed by atoms with van der Waals surface area (Å²) >= 11 is 0. The van der Waals surface area contributed by atoms with Gasteiger partial charge in [0.15, 0.2) is 0 Å². The lowest BCUT2D eigenvalue weighted by Gasteiger charge is -2.43. The molecule has 0 spiro atoms. The first-order valence-corrected chi connectivity index (χ1v) is 11.6. The lowest BCUT2D eigenvalue weighted by atomic mass is 9.62. The van der Waals surface area contributed by atoms with Gasteiger partial charge < -0.3 is 10.2 Å². The molecule has 1 unspecified atom stereocenters. The molecule has 2 heteroatoms. The van der Waals surface area contributed by atoms with E-state index >= 15 is 0 Å². The molecule has 0 radical (unpaired) electrons. The number of unbranched alkanes of at least 4 members (excludes halogenated alkanes) is 4. The Morgan fingerprint density at radius 2 is 1.31 bits per heavy atom. The number of phenols is 2. The Labute approximate surface area is 177 Å². The van der Waals surface area contributed by atoms with Gasteiger partial charge in [0.25, 0.3) is 0 Å². The number of phenolic OH excluding ortho intramolecular Hbond substituents is 2. The fourth-order valence-electron chi connectivity index (χ4n) is 5.33. The molecule has 1 aliphatic rings. The summed E-state index contributed by atoms with van der Waals surface area (Å²) in [5.41, 5.74) is 2.94. The first-order valence-electron chi connectivity index (χ1n) is 11.6. The summed E-state index contributed by atoms with van der Waals surface area (Å²) < 4.78 is 0. The molecule has 0 aliphatic heterocycles. The maximum absolute atomic E-state index is 9.77. The van der Waals surface area contributed by atoms with E-state index in [1.165, 1.54) is 75.3 Å². The quantitative estimate of drug-likeness (QED) is 0.428. The molecule has 2 N–H and O–H groups in total. The SMILES string of the molecule is CCCCCCCC(C)(c1ccc(O)cc1)C1CCC(c2ccc(O)cc2)CC1. The van der Waals surface area contributed by atoms with Crippen molar-refractivity contribution < 1.29 is 10.2 Å². The molecule has 3 rings (SSSR count). The predicted octanol–water partition coefficient (Wildman–Crippen LogP) is 7.69. The van der Waals surface area contributed by atoms with Gasteiger partial charge in [0.1, 0.15) is 11.5 Å². The van der Waals surface area contributed by atoms with Crippen LogP contribution in [0.2, 0.25) is 0 Å². The molecule has 0 heterocycles. The van der Waals surface area contributed by atoms with Crippen molar-refractivity contribution in [3.8, 4) is 11.5 Å². The Hall–Kier alpha value is -1.96. The second-order valence-electron chi connectivity index (χ2n) is 9.27. The topological polar surface area (TPSA) is 40.5 Å². The molecule has 1 fully saturated rings. The first-order chi connectivity index (χ1) is 14.0. The summed E-state index contributed by atoms with van der Waals surface area (Å²) in [5.74, 6) is 2.01. The van der Waals surface area contributed by atoms with Crippen molar-refractivity contribution in [2.45, 2.75) is 89.4 Å². The molecular formula is C27H38O2. The van der Waals surface area contributed by atoms with Crippen LogP contribution in [0.4, 0.5) is 0 Å². The third-order valence-electron chi connectivity index (χ3n) is 7.32. The van der Waals surface area contributed by atoms with Crippen molar-refractivity contribution in [2.24, 2.45) is 5.92 Å². The van der Waals surface area contributed by atoms with Gasteiger partial charge in [0.2, 0.25) is 0 Å². The first kappa shape index (κ1) is 21.7. The van der Waals surface area contributed by atoms with Crippen molar-refractivity contribution in [2.75, 3.05) is 0 Å². The second-order valence-corrected chi connectivity index (χ2v) is 9.27. The van der Waals surface area contributed by atoms with Crippen LogP contribution in [0, 0.1) is 5.92 Å². The fraction of sp³-hybridized carbons (Fsp3) is 0.556. The van der Waals surface area contributed by atoms with Crippen molar-refractivity contribution >= 4 is 0 Å². The van der Waals surface area contributed by atoms with Gasteiger partial charge in [-0.15, -0.1) is 0 Å². The molecule has 2 nitrogen and oxygen atoms in total. The van der Waals surface area contributed by atoms with Crippen LogP contribution < -0.4 is 0 Å². The van der Waals surface area contributed by atoms with E-state index < -0.39 is 0 Å². The highest BCUT2D eigenvalue weighted by molar-refractivity contribution is 5.33. The van der Waals surface area contributed by atoms with Crippen LogP contribution in [0.1, 0.15) is 95.1 Å². The summed E-state index contributed by atoms with van der Waals surface area (Å²) in [5, 5.41) is 19.3. The minimum atomic E-state index is 0.180. The van der Waals surface area contributed by atoms with Crippen LogP contribution in [0.3, 0.4) is 0 Å². The van der Waals surface area contributed by atoms with E-state index in [1.54, 1.807) is 0 Å². The van der Waals surface area contributed by atoms with Gasteiger partial charge in [0, 0.05) is 0 Å². The third kappa shape index (κ3) is 5.56. The molecule has 2 aromatic rings. The Morgan fingerprint density at radius 3 is 1.90 bits per heavy atom. The molecule has 158 valence electrons. The maximum atomic E-state index is 9.77. The molecule has 1 atom stereocenters. The Morgan fingerprint density at radius 1 is 0.759 bits per heavy atom. The van der Waals surface area contributed by atoms with Gasteiger partial charge in [-0.1, -0.05) is 70.2 Å². The van der Waals surface area contributed by atoms with E-state index in [1.807, 2.05) is 24.3 Å². The van der Waals surface area contributed by atoms with E-state index in [0.29, 0.717) is 23.3 Å². The van der Waals surface area contributed by atoms with Crippen molar-refractivity contribution in [1.82, 2.24) is 0 Å². The molecule has 0 bridgehead atoms. The van der Waals surface area contributed by atoms with Gasteiger partial charge in [0.05, 0.1) is 0 Å². The van der Waals surface area contributed by atoms with Crippen LogP contribution in [-0.4, -0.2) is 10.2 Å². The molecule has 1 aliphatic carbocycles. The van der Waals surface area contributed by atoms with Crippen LogP contribution in [0.25, 0.3) is 0 Å². The van der Waals surface area contributed by atoms with Crippen LogP contribution >= 0.6 is 0 Å². The average molecular weight is 395 g/mol. The molecular weight excluding hydrogens is 356 g/mol. The largest absolute Gasteiger partial charge is 0.508 e. The zero-order chi connectivity index (χ0) is 20.7. The van der Waals surface area contributed by atoms with E-state index in [4.69, 9.17) is 0 Å². The van der Waals surface area contributed by atoms with E-state index in [2.05, 4.69) is 38.1 Å². The van der Waals surface area contributed by atoms with Gasteiger partial charge >= 0.3 is 0 Å². The number of benzene rings is 2. The van der Waals surface area contributed by atoms with E-state index in [9.17, 15) is 10.2 Å². The summed E-state index contributed by atoms with van der Waals surface area (Å²) in [4.78, 5) is 0. The highest BCUT2D eigenvalue weighted by atomic mass is 16.3. The normalized spacial score (nSPS) is 21.6. The lowest BCUT2D eigenvalue weighted by Crippen LogP contribution is -2.34. The number of rotatable bonds is 9. The van der Waals surface area contributed by atoms with E-state index in [-0.39, 0.29) is 5.41 Å². The molecule has 0 saturated heterocycles. The molecule has 1 saturated carbocycles. The molecule has 0 amide bonds. The standard InChI is InChI=1S/C27H38O2/c1-3-4-5-6-7-20-27(2,24-14-18-26(29)19-15-24)23-12-8-21(9-13-23)22-10-16-25(28)17-11-22/h10-11,14-19,21,23,28-29H,3-9,12-13,20H2,1-2H3. The lowest BCUT2D eigenvalue weighted by molar-refractivity contribution is 0.189. The van der Waals surface area contributed by atoms with Gasteiger partial charge in [-0.05, 0) is 84.7 Å². The van der Waals surface area contributed by atoms with Crippen LogP contribution in [0.5, 0.6) is 11.5 Å². The Bertz CT molecular complexity index is 726. The van der Waals surface area contributed by atoms with E-state index in [0.717, 1.165) is 0 Å². The number of hydrogen-bond donors (Lipinski definition) is 2. The zero-order valence-corrected chi connectivity index (χ0v) is 18.2. The highest BCUT2D eigenvalue weighted by Gasteiger charge is 2.38. The highest BCUT2D eigenvalue weighted by Crippen LogP contribution is 2.47. The van der Waals surface area contributed by atoms with Crippen molar-refractivity contribution in [1.29, 1.82) is 0 Å². The monoisotopic (exact) mass is 394 g/mol. The number of hydrogen-bond acceptors (Lipinski definition) is 2. The smallest absolute Gasteiger partial charge is 0.115 e. The third-order valence-corrected chi connectivity index (χ3v) is 7.32. The average Bonchev–Trinajstić information content (AvgIpc) is 2.74. The summed E-state index contributed by atoms with van der Waals surface area (Å²) in [6, 6.07) is 15.8. The summed E-state index contributed by atoms with van der Waals surface area (Å²) in [7, 11) is 0. The minimum Gasteiger partial charge on any atom is -0.508 e. The maximum Gasteiger partial charge on any atom is 0.115 e.